The van der Waals surface area contributed by atoms with Crippen LogP contribution in [0.15, 0.2) is 67.4 Å². The van der Waals surface area contributed by atoms with Crippen LogP contribution in [-0.4, -0.2) is 12.3 Å². The third-order valence-electron chi connectivity index (χ3n) is 4.18. The van der Waals surface area contributed by atoms with E-state index in [1.54, 1.807) is 6.92 Å². The lowest BCUT2D eigenvalue weighted by Gasteiger charge is -2.13. The van der Waals surface area contributed by atoms with Gasteiger partial charge in [-0.3, -0.25) is 4.79 Å². The van der Waals surface area contributed by atoms with Crippen LogP contribution in [0, 0.1) is 0 Å². The van der Waals surface area contributed by atoms with E-state index in [-0.39, 0.29) is 5.78 Å². The number of nitrogens with one attached hydrogen (secondary N) is 2. The molecule has 2 rings (SSSR count). The normalized spacial score (nSPS) is 10.2. The van der Waals surface area contributed by atoms with Crippen molar-refractivity contribution in [3.8, 4) is 0 Å². The van der Waals surface area contributed by atoms with Crippen molar-refractivity contribution in [2.24, 2.45) is 0 Å². The molecule has 0 aliphatic carbocycles. The molecule has 3 nitrogen and oxygen atoms in total. The highest BCUT2D eigenvalue weighted by atomic mass is 16.1. The third-order valence-corrected chi connectivity index (χ3v) is 4.18. The molecule has 26 heavy (non-hydrogen) atoms. The summed E-state index contributed by atoms with van der Waals surface area (Å²) in [7, 11) is 0. The molecule has 0 radical (unpaired) electrons. The van der Waals surface area contributed by atoms with Crippen molar-refractivity contribution in [3.63, 3.8) is 0 Å². The summed E-state index contributed by atoms with van der Waals surface area (Å²) in [4.78, 5) is 11.1. The van der Waals surface area contributed by atoms with Crippen molar-refractivity contribution in [1.82, 2.24) is 5.32 Å². The fourth-order valence-electron chi connectivity index (χ4n) is 2.71. The Bertz CT molecular complexity index is 775. The first-order valence-corrected chi connectivity index (χ1v) is 9.03. The molecular weight excluding hydrogens is 320 g/mol. The first-order valence-electron chi connectivity index (χ1n) is 9.03. The molecule has 0 bridgehead atoms. The Hall–Kier alpha value is -2.81. The van der Waals surface area contributed by atoms with E-state index in [1.165, 1.54) is 5.56 Å². The van der Waals surface area contributed by atoms with Gasteiger partial charge in [-0.15, -0.1) is 0 Å². The summed E-state index contributed by atoms with van der Waals surface area (Å²) in [5, 5.41) is 6.67. The molecule has 2 aromatic rings. The van der Waals surface area contributed by atoms with Gasteiger partial charge in [0.2, 0.25) is 0 Å². The Morgan fingerprint density at radius 1 is 1.04 bits per heavy atom. The van der Waals surface area contributed by atoms with Crippen LogP contribution in [0.5, 0.6) is 0 Å². The molecule has 0 aromatic heterocycles. The molecule has 0 spiro atoms. The summed E-state index contributed by atoms with van der Waals surface area (Å²) < 4.78 is 0. The highest BCUT2D eigenvalue weighted by Gasteiger charge is 2.02. The fourth-order valence-corrected chi connectivity index (χ4v) is 2.71. The first-order chi connectivity index (χ1) is 12.5. The van der Waals surface area contributed by atoms with Gasteiger partial charge in [0.25, 0.3) is 0 Å². The quantitative estimate of drug-likeness (QED) is 0.638. The largest absolute Gasteiger partial charge is 0.385 e. The van der Waals surface area contributed by atoms with Gasteiger partial charge in [0, 0.05) is 36.5 Å². The summed E-state index contributed by atoms with van der Waals surface area (Å²) in [5.74, 6) is 0.172. The monoisotopic (exact) mass is 348 g/mol. The van der Waals surface area contributed by atoms with Crippen molar-refractivity contribution in [3.05, 3.63) is 84.1 Å². The van der Waals surface area contributed by atoms with E-state index in [1.807, 2.05) is 24.3 Å². The maximum Gasteiger partial charge on any atom is 0.134 e. The minimum Gasteiger partial charge on any atom is -0.385 e. The van der Waals surface area contributed by atoms with Crippen LogP contribution >= 0.6 is 0 Å². The molecule has 3 heteroatoms. The summed E-state index contributed by atoms with van der Waals surface area (Å²) in [5.41, 5.74) is 6.32. The molecule has 2 N–H and O–H groups in total. The van der Waals surface area contributed by atoms with E-state index in [2.05, 4.69) is 55.0 Å². The first kappa shape index (κ1) is 19.5. The predicted molar refractivity (Wildman–Crippen MR) is 111 cm³/mol. The smallest absolute Gasteiger partial charge is 0.134 e. The molecule has 0 fully saturated rings. The van der Waals surface area contributed by atoms with E-state index >= 15 is 0 Å². The number of carbonyl (C=O) groups excluding carboxylic acids is 1. The summed E-state index contributed by atoms with van der Waals surface area (Å²) in [6, 6.07) is 16.3. The fraction of sp³-hybridized carbons (Fsp3) is 0.261. The second-order valence-electron chi connectivity index (χ2n) is 6.51. The molecular formula is C23H28N2O. The van der Waals surface area contributed by atoms with Crippen LogP contribution in [0.1, 0.15) is 37.0 Å². The molecule has 0 unspecified atom stereocenters. The van der Waals surface area contributed by atoms with Gasteiger partial charge in [0.15, 0.2) is 0 Å². The van der Waals surface area contributed by atoms with Crippen LogP contribution in [0.25, 0.3) is 5.70 Å². The van der Waals surface area contributed by atoms with Gasteiger partial charge >= 0.3 is 0 Å². The standard InChI is InChI=1S/C23H28N2O/c1-5-20-7-6-8-22(16-20)19(4)24-14-13-17(2)25-23-11-9-21(10-12-23)15-18(3)26/h6-12,16,24-25H,2,4-5,13-15H2,1,3H3. The molecule has 0 aliphatic rings. The summed E-state index contributed by atoms with van der Waals surface area (Å²) in [6.45, 7) is 12.7. The number of hydrogen-bond acceptors (Lipinski definition) is 3. The van der Waals surface area contributed by atoms with E-state index < -0.39 is 0 Å². The maximum atomic E-state index is 11.1. The van der Waals surface area contributed by atoms with E-state index in [0.717, 1.165) is 47.6 Å². The molecule has 2 aromatic carbocycles. The number of aryl methyl sites for hydroxylation is 1. The second kappa shape index (κ2) is 9.62. The zero-order chi connectivity index (χ0) is 18.9. The van der Waals surface area contributed by atoms with Crippen LogP contribution in [0.2, 0.25) is 0 Å². The number of hydrogen-bond donors (Lipinski definition) is 2. The molecule has 0 atom stereocenters. The second-order valence-corrected chi connectivity index (χ2v) is 6.51. The summed E-state index contributed by atoms with van der Waals surface area (Å²) >= 11 is 0. The van der Waals surface area contributed by atoms with Crippen LogP contribution in [0.3, 0.4) is 0 Å². The van der Waals surface area contributed by atoms with Crippen molar-refractivity contribution < 1.29 is 4.79 Å². The average molecular weight is 348 g/mol. The molecule has 0 saturated carbocycles. The van der Waals surface area contributed by atoms with E-state index in [9.17, 15) is 4.79 Å². The number of benzene rings is 2. The van der Waals surface area contributed by atoms with Crippen LogP contribution in [0.4, 0.5) is 5.69 Å². The number of anilines is 1. The van der Waals surface area contributed by atoms with Crippen molar-refractivity contribution in [1.29, 1.82) is 0 Å². The molecule has 0 amide bonds. The minimum atomic E-state index is 0.172. The lowest BCUT2D eigenvalue weighted by molar-refractivity contribution is -0.116. The predicted octanol–water partition coefficient (Wildman–Crippen LogP) is 4.96. The van der Waals surface area contributed by atoms with E-state index in [0.29, 0.717) is 6.42 Å². The highest BCUT2D eigenvalue weighted by Crippen LogP contribution is 2.15. The third kappa shape index (κ3) is 6.25. The number of rotatable bonds is 10. The van der Waals surface area contributed by atoms with Gasteiger partial charge in [-0.25, -0.2) is 0 Å². The Balaban J connectivity index is 1.77. The van der Waals surface area contributed by atoms with Gasteiger partial charge in [0.1, 0.15) is 5.78 Å². The Morgan fingerprint density at radius 2 is 1.77 bits per heavy atom. The molecule has 0 aliphatic heterocycles. The lowest BCUT2D eigenvalue weighted by atomic mass is 10.1. The lowest BCUT2D eigenvalue weighted by Crippen LogP contribution is -2.15. The van der Waals surface area contributed by atoms with Gasteiger partial charge < -0.3 is 10.6 Å². The molecule has 0 heterocycles. The van der Waals surface area contributed by atoms with Crippen molar-refractivity contribution >= 4 is 17.2 Å². The number of carbonyl (C=O) groups is 1. The molecule has 136 valence electrons. The van der Waals surface area contributed by atoms with Gasteiger partial charge in [-0.1, -0.05) is 50.4 Å². The Kier molecular flexibility index (Phi) is 7.22. The topological polar surface area (TPSA) is 41.1 Å². The van der Waals surface area contributed by atoms with E-state index in [4.69, 9.17) is 0 Å². The van der Waals surface area contributed by atoms with Crippen molar-refractivity contribution in [2.75, 3.05) is 11.9 Å². The summed E-state index contributed by atoms with van der Waals surface area (Å²) in [6.07, 6.45) is 2.29. The minimum absolute atomic E-state index is 0.172. The zero-order valence-electron chi connectivity index (χ0n) is 15.8. The van der Waals surface area contributed by atoms with Crippen LogP contribution in [-0.2, 0) is 17.6 Å². The van der Waals surface area contributed by atoms with Gasteiger partial charge in [-0.2, -0.15) is 0 Å². The SMILES string of the molecule is C=C(CCNC(=C)c1cccc(CC)c1)Nc1ccc(CC(C)=O)cc1. The Morgan fingerprint density at radius 3 is 2.42 bits per heavy atom. The number of Topliss-reactive ketones (excluding diaryl/α,β-unsaturated/α-hetero) is 1. The van der Waals surface area contributed by atoms with Gasteiger partial charge in [-0.05, 0) is 48.2 Å². The highest BCUT2D eigenvalue weighted by molar-refractivity contribution is 5.78. The Labute approximate surface area is 156 Å². The zero-order valence-corrected chi connectivity index (χ0v) is 15.8. The maximum absolute atomic E-state index is 11.1. The average Bonchev–Trinajstić information content (AvgIpc) is 2.63. The molecule has 0 saturated heterocycles. The van der Waals surface area contributed by atoms with Crippen molar-refractivity contribution in [2.45, 2.75) is 33.1 Å². The number of ketones is 1. The van der Waals surface area contributed by atoms with Gasteiger partial charge in [0.05, 0.1) is 0 Å². The van der Waals surface area contributed by atoms with Crippen LogP contribution < -0.4 is 10.6 Å².